The summed E-state index contributed by atoms with van der Waals surface area (Å²) >= 11 is 0. The smallest absolute Gasteiger partial charge is 0.340 e. The van der Waals surface area contributed by atoms with Gasteiger partial charge in [-0.2, -0.15) is 0 Å². The van der Waals surface area contributed by atoms with E-state index < -0.39 is 29.2 Å². The molecular formula is C16H18N2O5. The summed E-state index contributed by atoms with van der Waals surface area (Å²) in [6, 6.07) is 6.20. The van der Waals surface area contributed by atoms with E-state index in [-0.39, 0.29) is 17.0 Å². The molecule has 3 amide bonds. The van der Waals surface area contributed by atoms with Gasteiger partial charge in [-0.25, -0.2) is 4.79 Å². The molecule has 0 bridgehead atoms. The van der Waals surface area contributed by atoms with Gasteiger partial charge in [0, 0.05) is 6.92 Å². The second-order valence-electron chi connectivity index (χ2n) is 5.87. The molecule has 0 fully saturated rings. The molecule has 0 spiro atoms. The Morgan fingerprint density at radius 3 is 2.00 bits per heavy atom. The van der Waals surface area contributed by atoms with E-state index in [1.807, 2.05) is 0 Å². The van der Waals surface area contributed by atoms with Crippen LogP contribution in [0, 0.1) is 5.92 Å². The number of rotatable bonds is 4. The van der Waals surface area contributed by atoms with Crippen LogP contribution in [0.25, 0.3) is 0 Å². The van der Waals surface area contributed by atoms with Crippen LogP contribution in [0.3, 0.4) is 0 Å². The van der Waals surface area contributed by atoms with Gasteiger partial charge in [0.15, 0.2) is 0 Å². The second kappa shape index (κ2) is 5.83. The van der Waals surface area contributed by atoms with Gasteiger partial charge in [-0.1, -0.05) is 31.0 Å². The van der Waals surface area contributed by atoms with Crippen molar-refractivity contribution in [1.29, 1.82) is 0 Å². The molecule has 0 radical (unpaired) electrons. The van der Waals surface area contributed by atoms with Gasteiger partial charge < -0.3 is 10.2 Å². The largest absolute Gasteiger partial charge is 0.358 e. The number of imide groups is 1. The van der Waals surface area contributed by atoms with Crippen molar-refractivity contribution in [2.24, 2.45) is 5.92 Å². The fraction of sp³-hybridized carbons (Fsp3) is 0.375. The fourth-order valence-electron chi connectivity index (χ4n) is 2.22. The molecule has 1 aromatic rings. The van der Waals surface area contributed by atoms with E-state index in [2.05, 4.69) is 5.32 Å². The maximum atomic E-state index is 12.5. The molecule has 1 unspecified atom stereocenters. The van der Waals surface area contributed by atoms with E-state index in [1.165, 1.54) is 26.0 Å². The van der Waals surface area contributed by atoms with E-state index in [1.54, 1.807) is 26.0 Å². The molecule has 0 aromatic heterocycles. The zero-order valence-electron chi connectivity index (χ0n) is 13.4. The van der Waals surface area contributed by atoms with Crippen molar-refractivity contribution in [2.45, 2.75) is 33.2 Å². The summed E-state index contributed by atoms with van der Waals surface area (Å²) in [4.78, 5) is 53.2. The van der Waals surface area contributed by atoms with Gasteiger partial charge in [-0.05, 0) is 25.0 Å². The van der Waals surface area contributed by atoms with Crippen molar-refractivity contribution >= 4 is 23.7 Å². The number of carbonyl (C=O) groups excluding carboxylic acids is 4. The van der Waals surface area contributed by atoms with Crippen LogP contribution in [-0.2, 0) is 14.4 Å². The van der Waals surface area contributed by atoms with Gasteiger partial charge in [-0.15, -0.1) is 0 Å². The van der Waals surface area contributed by atoms with Gasteiger partial charge >= 0.3 is 5.97 Å². The normalized spacial score (nSPS) is 16.1. The molecule has 2 rings (SSSR count). The Balaban J connectivity index is 2.25. The number of hydroxylamine groups is 2. The number of amides is 3. The average molecular weight is 318 g/mol. The molecule has 1 aliphatic heterocycles. The lowest BCUT2D eigenvalue weighted by molar-refractivity contribution is -0.179. The van der Waals surface area contributed by atoms with Gasteiger partial charge in [0.25, 0.3) is 11.8 Å². The third kappa shape index (κ3) is 2.81. The topological polar surface area (TPSA) is 92.8 Å². The minimum Gasteiger partial charge on any atom is -0.340 e. The van der Waals surface area contributed by atoms with Gasteiger partial charge in [0.1, 0.15) is 5.54 Å². The monoisotopic (exact) mass is 318 g/mol. The van der Waals surface area contributed by atoms with Gasteiger partial charge in [-0.3, -0.25) is 14.4 Å². The highest BCUT2D eigenvalue weighted by molar-refractivity contribution is 6.21. The highest BCUT2D eigenvalue weighted by Crippen LogP contribution is 2.25. The molecule has 23 heavy (non-hydrogen) atoms. The van der Waals surface area contributed by atoms with Crippen LogP contribution < -0.4 is 5.32 Å². The molecule has 1 atom stereocenters. The van der Waals surface area contributed by atoms with Crippen LogP contribution in [0.2, 0.25) is 0 Å². The lowest BCUT2D eigenvalue weighted by atomic mass is 9.88. The standard InChI is InChI=1S/C16H18N2O5/c1-9(2)16(4,17-10(3)19)15(22)23-18-13(20)11-7-5-6-8-12(11)14(18)21/h5-9H,1-4H3,(H,17,19). The molecule has 1 N–H and O–H groups in total. The average Bonchev–Trinajstić information content (AvgIpc) is 2.72. The Morgan fingerprint density at radius 1 is 1.13 bits per heavy atom. The fourth-order valence-corrected chi connectivity index (χ4v) is 2.22. The first-order chi connectivity index (χ1) is 10.7. The number of hydrogen-bond donors (Lipinski definition) is 1. The summed E-state index contributed by atoms with van der Waals surface area (Å²) in [7, 11) is 0. The summed E-state index contributed by atoms with van der Waals surface area (Å²) < 4.78 is 0. The lowest BCUT2D eigenvalue weighted by Gasteiger charge is -2.32. The first kappa shape index (κ1) is 16.7. The third-order valence-electron chi connectivity index (χ3n) is 3.95. The molecule has 1 aromatic carbocycles. The number of nitrogens with zero attached hydrogens (tertiary/aromatic N) is 1. The van der Waals surface area contributed by atoms with Crippen molar-refractivity contribution in [3.8, 4) is 0 Å². The van der Waals surface area contributed by atoms with E-state index in [0.29, 0.717) is 5.06 Å². The van der Waals surface area contributed by atoms with Gasteiger partial charge in [0.05, 0.1) is 11.1 Å². The lowest BCUT2D eigenvalue weighted by Crippen LogP contribution is -2.57. The van der Waals surface area contributed by atoms with E-state index in [4.69, 9.17) is 4.84 Å². The first-order valence-corrected chi connectivity index (χ1v) is 7.17. The quantitative estimate of drug-likeness (QED) is 0.845. The second-order valence-corrected chi connectivity index (χ2v) is 5.87. The number of nitrogens with one attached hydrogen (secondary N) is 1. The number of fused-ring (bicyclic) bond motifs is 1. The van der Waals surface area contributed by atoms with Crippen LogP contribution in [0.1, 0.15) is 48.4 Å². The predicted octanol–water partition coefficient (Wildman–Crippen LogP) is 1.29. The van der Waals surface area contributed by atoms with Crippen molar-refractivity contribution in [3.05, 3.63) is 35.4 Å². The highest BCUT2D eigenvalue weighted by Gasteiger charge is 2.45. The van der Waals surface area contributed by atoms with Crippen LogP contribution in [0.15, 0.2) is 24.3 Å². The minimum atomic E-state index is -1.36. The Labute approximate surface area is 133 Å². The molecule has 7 heteroatoms. The number of hydrogen-bond acceptors (Lipinski definition) is 5. The van der Waals surface area contributed by atoms with Crippen molar-refractivity contribution in [1.82, 2.24) is 10.4 Å². The molecular weight excluding hydrogens is 300 g/mol. The zero-order valence-corrected chi connectivity index (χ0v) is 13.4. The number of carbonyl (C=O) groups is 4. The predicted molar refractivity (Wildman–Crippen MR) is 80.1 cm³/mol. The third-order valence-corrected chi connectivity index (χ3v) is 3.95. The Bertz CT molecular complexity index is 662. The number of benzene rings is 1. The van der Waals surface area contributed by atoms with E-state index in [9.17, 15) is 19.2 Å². The van der Waals surface area contributed by atoms with E-state index >= 15 is 0 Å². The Kier molecular flexibility index (Phi) is 4.22. The van der Waals surface area contributed by atoms with Crippen LogP contribution >= 0.6 is 0 Å². The first-order valence-electron chi connectivity index (χ1n) is 7.17. The summed E-state index contributed by atoms with van der Waals surface area (Å²) in [5, 5.41) is 2.96. The molecule has 7 nitrogen and oxygen atoms in total. The van der Waals surface area contributed by atoms with Gasteiger partial charge in [0.2, 0.25) is 5.91 Å². The molecule has 0 saturated heterocycles. The molecule has 122 valence electrons. The van der Waals surface area contributed by atoms with Crippen molar-refractivity contribution < 1.29 is 24.0 Å². The summed E-state index contributed by atoms with van der Waals surface area (Å²) in [5.74, 6) is -3.01. The van der Waals surface area contributed by atoms with Crippen LogP contribution in [0.5, 0.6) is 0 Å². The summed E-state index contributed by atoms with van der Waals surface area (Å²) in [6.45, 7) is 6.20. The molecule has 1 heterocycles. The Morgan fingerprint density at radius 2 is 1.61 bits per heavy atom. The minimum absolute atomic E-state index is 0.177. The summed E-state index contributed by atoms with van der Waals surface area (Å²) in [5.41, 5.74) is -1.01. The summed E-state index contributed by atoms with van der Waals surface area (Å²) in [6.07, 6.45) is 0. The molecule has 0 saturated carbocycles. The van der Waals surface area contributed by atoms with Crippen molar-refractivity contribution in [3.63, 3.8) is 0 Å². The molecule has 1 aliphatic rings. The SMILES string of the molecule is CC(=O)NC(C)(C(=O)ON1C(=O)c2ccccc2C1=O)C(C)C. The zero-order chi connectivity index (χ0) is 17.4. The maximum Gasteiger partial charge on any atom is 0.358 e. The van der Waals surface area contributed by atoms with Crippen LogP contribution in [-0.4, -0.2) is 34.3 Å². The van der Waals surface area contributed by atoms with Crippen LogP contribution in [0.4, 0.5) is 0 Å². The highest BCUT2D eigenvalue weighted by atomic mass is 16.7. The molecule has 0 aliphatic carbocycles. The van der Waals surface area contributed by atoms with E-state index in [0.717, 1.165) is 0 Å². The Hall–Kier alpha value is -2.70. The maximum absolute atomic E-state index is 12.5. The van der Waals surface area contributed by atoms with Crippen molar-refractivity contribution in [2.75, 3.05) is 0 Å².